The topological polar surface area (TPSA) is 83.9 Å². The number of carboxylic acids is 1. The van der Waals surface area contributed by atoms with Crippen molar-refractivity contribution < 1.29 is 24.2 Å². The number of ether oxygens (including phenoxy) is 1. The van der Waals surface area contributed by atoms with Crippen LogP contribution in [0.4, 0.5) is 5.69 Å². The molecule has 1 N–H and O–H groups in total. The van der Waals surface area contributed by atoms with Crippen LogP contribution in [-0.2, 0) is 19.8 Å². The van der Waals surface area contributed by atoms with Gasteiger partial charge in [-0.25, -0.2) is 4.90 Å². The summed E-state index contributed by atoms with van der Waals surface area (Å²) in [5, 5.41) is 10.7. The van der Waals surface area contributed by atoms with E-state index in [1.165, 1.54) is 0 Å². The van der Waals surface area contributed by atoms with Gasteiger partial charge >= 0.3 is 5.97 Å². The van der Waals surface area contributed by atoms with E-state index in [2.05, 4.69) is 0 Å². The van der Waals surface area contributed by atoms with Crippen LogP contribution in [0.25, 0.3) is 0 Å². The van der Waals surface area contributed by atoms with E-state index in [-0.39, 0.29) is 11.8 Å². The molecule has 3 aromatic rings. The van der Waals surface area contributed by atoms with Crippen molar-refractivity contribution in [3.05, 3.63) is 95.1 Å². The van der Waals surface area contributed by atoms with E-state index in [9.17, 15) is 19.5 Å². The minimum absolute atomic E-state index is 0.358. The summed E-state index contributed by atoms with van der Waals surface area (Å²) < 4.78 is 5.70. The molecule has 6 nitrogen and oxygen atoms in total. The molecule has 0 spiro atoms. The zero-order valence-corrected chi connectivity index (χ0v) is 17.9. The van der Waals surface area contributed by atoms with Gasteiger partial charge in [0.2, 0.25) is 11.8 Å². The van der Waals surface area contributed by atoms with Crippen LogP contribution in [0.1, 0.15) is 35.1 Å². The lowest BCUT2D eigenvalue weighted by Gasteiger charge is -2.51. The Morgan fingerprint density at radius 1 is 0.909 bits per heavy atom. The molecular weight excluding hydrogens is 418 g/mol. The summed E-state index contributed by atoms with van der Waals surface area (Å²) >= 11 is 0. The van der Waals surface area contributed by atoms with Crippen LogP contribution in [-0.4, -0.2) is 29.5 Å². The molecule has 6 heteroatoms. The minimum Gasteiger partial charge on any atom is -0.492 e. The summed E-state index contributed by atoms with van der Waals surface area (Å²) in [5.74, 6) is -3.78. The number of imide groups is 1. The number of carbonyl (C=O) groups excluding carboxylic acids is 2. The van der Waals surface area contributed by atoms with Gasteiger partial charge in [-0.2, -0.15) is 0 Å². The highest BCUT2D eigenvalue weighted by Crippen LogP contribution is 2.64. The zero-order chi connectivity index (χ0) is 22.9. The van der Waals surface area contributed by atoms with E-state index >= 15 is 0 Å². The second-order valence-electron chi connectivity index (χ2n) is 8.68. The van der Waals surface area contributed by atoms with Gasteiger partial charge in [-0.05, 0) is 41.3 Å². The molecule has 2 amide bonds. The van der Waals surface area contributed by atoms with Gasteiger partial charge in [0.15, 0.2) is 0 Å². The van der Waals surface area contributed by atoms with Gasteiger partial charge < -0.3 is 9.84 Å². The van der Waals surface area contributed by atoms with Crippen molar-refractivity contribution in [3.8, 4) is 5.75 Å². The highest BCUT2D eigenvalue weighted by Gasteiger charge is 2.71. The van der Waals surface area contributed by atoms with Crippen LogP contribution < -0.4 is 9.64 Å². The lowest BCUT2D eigenvalue weighted by Crippen LogP contribution is -2.57. The van der Waals surface area contributed by atoms with Crippen molar-refractivity contribution >= 4 is 23.5 Å². The molecule has 3 aliphatic carbocycles. The maximum Gasteiger partial charge on any atom is 0.319 e. The summed E-state index contributed by atoms with van der Waals surface area (Å²) in [4.78, 5) is 42.3. The summed E-state index contributed by atoms with van der Waals surface area (Å²) in [5.41, 5.74) is 1.54. The normalized spacial score (nSPS) is 26.6. The predicted molar refractivity (Wildman–Crippen MR) is 120 cm³/mol. The highest BCUT2D eigenvalue weighted by molar-refractivity contribution is 6.25. The third-order valence-electron chi connectivity index (χ3n) is 7.36. The van der Waals surface area contributed by atoms with Crippen LogP contribution >= 0.6 is 0 Å². The molecule has 1 aliphatic heterocycles. The number of aliphatic carboxylic acids is 1. The summed E-state index contributed by atoms with van der Waals surface area (Å²) in [6.45, 7) is 2.20. The predicted octanol–water partition coefficient (Wildman–Crippen LogP) is 3.72. The number of hydrogen-bond donors (Lipinski definition) is 1. The summed E-state index contributed by atoms with van der Waals surface area (Å²) in [6.07, 6.45) is 0. The Bertz CT molecular complexity index is 1300. The van der Waals surface area contributed by atoms with Crippen molar-refractivity contribution in [1.82, 2.24) is 0 Å². The number of para-hydroxylation sites is 2. The molecule has 164 valence electrons. The van der Waals surface area contributed by atoms with E-state index < -0.39 is 29.1 Å². The van der Waals surface area contributed by atoms with E-state index in [0.29, 0.717) is 29.2 Å². The average molecular weight is 439 g/mol. The van der Waals surface area contributed by atoms with Gasteiger partial charge in [-0.15, -0.1) is 0 Å². The second-order valence-corrected chi connectivity index (χ2v) is 8.68. The van der Waals surface area contributed by atoms with Crippen molar-refractivity contribution in [2.75, 3.05) is 11.5 Å². The molecule has 0 radical (unpaired) electrons. The summed E-state index contributed by atoms with van der Waals surface area (Å²) in [7, 11) is 0. The van der Waals surface area contributed by atoms with Crippen LogP contribution in [0.3, 0.4) is 0 Å². The Balaban J connectivity index is 1.64. The van der Waals surface area contributed by atoms with Gasteiger partial charge in [-0.1, -0.05) is 60.7 Å². The largest absolute Gasteiger partial charge is 0.492 e. The number of carboxylic acid groups (broad SMARTS) is 1. The fourth-order valence-electron chi connectivity index (χ4n) is 6.29. The zero-order valence-electron chi connectivity index (χ0n) is 17.9. The molecule has 1 fully saturated rings. The quantitative estimate of drug-likeness (QED) is 0.627. The van der Waals surface area contributed by atoms with Gasteiger partial charge in [0.25, 0.3) is 0 Å². The van der Waals surface area contributed by atoms with Gasteiger partial charge in [0, 0.05) is 5.92 Å². The third kappa shape index (κ3) is 2.25. The first-order valence-electron chi connectivity index (χ1n) is 11.0. The number of anilines is 1. The van der Waals surface area contributed by atoms with Crippen LogP contribution in [0, 0.1) is 11.8 Å². The van der Waals surface area contributed by atoms with E-state index in [1.807, 2.05) is 31.2 Å². The lowest BCUT2D eigenvalue weighted by atomic mass is 9.47. The number of rotatable bonds is 4. The molecule has 2 bridgehead atoms. The van der Waals surface area contributed by atoms with Gasteiger partial charge in [0.05, 0.1) is 24.1 Å². The molecule has 1 heterocycles. The second kappa shape index (κ2) is 6.78. The fourth-order valence-corrected chi connectivity index (χ4v) is 6.29. The van der Waals surface area contributed by atoms with Gasteiger partial charge in [0.1, 0.15) is 11.2 Å². The molecule has 33 heavy (non-hydrogen) atoms. The first-order valence-corrected chi connectivity index (χ1v) is 11.0. The molecular formula is C27H21NO5. The number of carbonyl (C=O) groups is 3. The minimum atomic E-state index is -1.63. The van der Waals surface area contributed by atoms with E-state index in [1.54, 1.807) is 48.5 Å². The van der Waals surface area contributed by atoms with Gasteiger partial charge in [-0.3, -0.25) is 14.4 Å². The molecule has 7 rings (SSSR count). The Kier molecular flexibility index (Phi) is 4.06. The SMILES string of the molecule is CCOc1ccccc1N1C(=O)[C@@H]2C3c4ccccc4C(C(=O)O)(c4ccccc43)[C@@H]2C1=O. The molecule has 0 aromatic heterocycles. The van der Waals surface area contributed by atoms with Crippen LogP contribution in [0.2, 0.25) is 0 Å². The fraction of sp³-hybridized carbons (Fsp3) is 0.222. The molecule has 1 saturated heterocycles. The van der Waals surface area contributed by atoms with E-state index in [4.69, 9.17) is 4.74 Å². The summed E-state index contributed by atoms with van der Waals surface area (Å²) in [6, 6.07) is 21.6. The first kappa shape index (κ1) is 19.7. The smallest absolute Gasteiger partial charge is 0.319 e. The Morgan fingerprint density at radius 2 is 1.48 bits per heavy atom. The third-order valence-corrected chi connectivity index (χ3v) is 7.36. The number of hydrogen-bond acceptors (Lipinski definition) is 4. The monoisotopic (exact) mass is 439 g/mol. The standard InChI is InChI=1S/C27H21NO5/c1-2-33-20-14-8-7-13-19(20)28-24(29)22-21-15-9-3-5-11-17(15)27(26(31)32,23(22)25(28)30)18-12-6-4-10-16(18)21/h3-14,21-23H,2H2,1H3,(H,31,32)/t21?,22-,23+,27?/m1/s1. The molecule has 2 atom stereocenters. The maximum atomic E-state index is 14.0. The lowest BCUT2D eigenvalue weighted by molar-refractivity contribution is -0.149. The van der Waals surface area contributed by atoms with E-state index in [0.717, 1.165) is 16.0 Å². The van der Waals surface area contributed by atoms with Crippen LogP contribution in [0.15, 0.2) is 72.8 Å². The van der Waals surface area contributed by atoms with Crippen molar-refractivity contribution in [1.29, 1.82) is 0 Å². The number of nitrogens with zero attached hydrogens (tertiary/aromatic N) is 1. The molecule has 3 aromatic carbocycles. The van der Waals surface area contributed by atoms with Crippen molar-refractivity contribution in [2.24, 2.45) is 11.8 Å². The van der Waals surface area contributed by atoms with Crippen molar-refractivity contribution in [2.45, 2.75) is 18.3 Å². The van der Waals surface area contributed by atoms with Crippen molar-refractivity contribution in [3.63, 3.8) is 0 Å². The number of benzene rings is 3. The average Bonchev–Trinajstić information content (AvgIpc) is 3.10. The van der Waals surface area contributed by atoms with Crippen LogP contribution in [0.5, 0.6) is 5.75 Å². The Hall–Kier alpha value is -3.93. The maximum absolute atomic E-state index is 14.0. The Morgan fingerprint density at radius 3 is 2.09 bits per heavy atom. The highest BCUT2D eigenvalue weighted by atomic mass is 16.5. The molecule has 4 aliphatic rings. The number of amides is 2. The Labute approximate surface area is 190 Å². The molecule has 0 unspecified atom stereocenters. The first-order chi connectivity index (χ1) is 16.0. The molecule has 0 saturated carbocycles.